The van der Waals surface area contributed by atoms with Crippen LogP contribution in [-0.2, 0) is 0 Å². The van der Waals surface area contributed by atoms with E-state index in [0.29, 0.717) is 5.56 Å². The first kappa shape index (κ1) is 8.26. The molecule has 66 valence electrons. The zero-order chi connectivity index (χ0) is 9.26. The first-order chi connectivity index (χ1) is 6.33. The van der Waals surface area contributed by atoms with Gasteiger partial charge in [0, 0.05) is 6.20 Å². The van der Waals surface area contributed by atoms with Crippen molar-refractivity contribution in [1.29, 1.82) is 0 Å². The molecule has 0 atom stereocenters. The van der Waals surface area contributed by atoms with E-state index >= 15 is 0 Å². The van der Waals surface area contributed by atoms with Crippen LogP contribution in [0.2, 0.25) is 0 Å². The van der Waals surface area contributed by atoms with E-state index in [4.69, 9.17) is 11.6 Å². The zero-order valence-electron chi connectivity index (χ0n) is 6.77. The highest BCUT2D eigenvalue weighted by molar-refractivity contribution is 6.31. The monoisotopic (exact) mass is 194 g/mol. The molecule has 13 heavy (non-hydrogen) atoms. The number of pyridine rings is 1. The molecule has 0 aliphatic carbocycles. The molecule has 0 aliphatic heterocycles. The average molecular weight is 195 g/mol. The summed E-state index contributed by atoms with van der Waals surface area (Å²) in [5.41, 5.74) is 1.38. The number of fused-ring (bicyclic) bond motifs is 1. The number of hydrogen-bond donors (Lipinski definition) is 0. The fourth-order valence-corrected chi connectivity index (χ4v) is 1.37. The lowest BCUT2D eigenvalue weighted by atomic mass is 10.2. The lowest BCUT2D eigenvalue weighted by Crippen LogP contribution is -1.98. The second kappa shape index (κ2) is 3.18. The SMILES string of the molecule is O=C(CCl)c1cnn2ccccc12. The number of alkyl halides is 1. The molecular formula is C9H7ClN2O. The fourth-order valence-electron chi connectivity index (χ4n) is 1.22. The van der Waals surface area contributed by atoms with Crippen LogP contribution in [0, 0.1) is 0 Å². The molecule has 0 aliphatic rings. The second-order valence-electron chi connectivity index (χ2n) is 2.65. The van der Waals surface area contributed by atoms with Crippen LogP contribution < -0.4 is 0 Å². The quantitative estimate of drug-likeness (QED) is 0.539. The minimum atomic E-state index is -0.0946. The van der Waals surface area contributed by atoms with E-state index in [9.17, 15) is 4.79 Å². The van der Waals surface area contributed by atoms with Crippen molar-refractivity contribution in [2.75, 3.05) is 5.88 Å². The molecule has 0 spiro atoms. The van der Waals surface area contributed by atoms with Crippen LogP contribution in [0.3, 0.4) is 0 Å². The number of carbonyl (C=O) groups excluding carboxylic acids is 1. The van der Waals surface area contributed by atoms with Gasteiger partial charge in [-0.15, -0.1) is 11.6 Å². The third-order valence-electron chi connectivity index (χ3n) is 1.85. The fraction of sp³-hybridized carbons (Fsp3) is 0.111. The van der Waals surface area contributed by atoms with Gasteiger partial charge in [-0.2, -0.15) is 5.10 Å². The molecule has 0 unspecified atom stereocenters. The van der Waals surface area contributed by atoms with E-state index in [1.807, 2.05) is 18.2 Å². The van der Waals surface area contributed by atoms with Gasteiger partial charge in [0.15, 0.2) is 5.78 Å². The molecule has 4 heteroatoms. The summed E-state index contributed by atoms with van der Waals surface area (Å²) in [7, 11) is 0. The number of ketones is 1. The van der Waals surface area contributed by atoms with Crippen molar-refractivity contribution in [3.05, 3.63) is 36.2 Å². The number of halogens is 1. The van der Waals surface area contributed by atoms with Crippen molar-refractivity contribution >= 4 is 22.9 Å². The Balaban J connectivity index is 2.64. The summed E-state index contributed by atoms with van der Waals surface area (Å²) < 4.78 is 1.65. The summed E-state index contributed by atoms with van der Waals surface area (Å²) in [4.78, 5) is 11.3. The predicted molar refractivity (Wildman–Crippen MR) is 50.2 cm³/mol. The molecule has 0 saturated carbocycles. The van der Waals surface area contributed by atoms with Gasteiger partial charge in [-0.1, -0.05) is 6.07 Å². The molecule has 3 nitrogen and oxygen atoms in total. The Morgan fingerprint density at radius 2 is 2.38 bits per heavy atom. The van der Waals surface area contributed by atoms with Gasteiger partial charge in [-0.25, -0.2) is 4.52 Å². The van der Waals surface area contributed by atoms with Crippen molar-refractivity contribution in [1.82, 2.24) is 9.61 Å². The Hall–Kier alpha value is -1.35. The van der Waals surface area contributed by atoms with Crippen molar-refractivity contribution in [2.24, 2.45) is 0 Å². The van der Waals surface area contributed by atoms with Gasteiger partial charge in [-0.3, -0.25) is 4.79 Å². The third-order valence-corrected chi connectivity index (χ3v) is 2.09. The maximum absolute atomic E-state index is 11.3. The standard InChI is InChI=1S/C9H7ClN2O/c10-5-9(13)7-6-11-12-4-2-1-3-8(7)12/h1-4,6H,5H2. The lowest BCUT2D eigenvalue weighted by Gasteiger charge is -1.93. The van der Waals surface area contributed by atoms with Gasteiger partial charge in [0.05, 0.1) is 23.2 Å². The number of carbonyl (C=O) groups is 1. The summed E-state index contributed by atoms with van der Waals surface area (Å²) in [5, 5.41) is 4.02. The van der Waals surface area contributed by atoms with Crippen LogP contribution in [-0.4, -0.2) is 21.3 Å². The molecule has 2 rings (SSSR count). The molecule has 0 bridgehead atoms. The van der Waals surface area contributed by atoms with Gasteiger partial charge < -0.3 is 0 Å². The van der Waals surface area contributed by atoms with Crippen molar-refractivity contribution in [3.8, 4) is 0 Å². The highest BCUT2D eigenvalue weighted by Gasteiger charge is 2.09. The maximum Gasteiger partial charge on any atom is 0.181 e. The van der Waals surface area contributed by atoms with Gasteiger partial charge in [0.1, 0.15) is 0 Å². The smallest absolute Gasteiger partial charge is 0.181 e. The molecule has 0 N–H and O–H groups in total. The van der Waals surface area contributed by atoms with Crippen LogP contribution in [0.4, 0.5) is 0 Å². The van der Waals surface area contributed by atoms with Crippen molar-refractivity contribution < 1.29 is 4.79 Å². The van der Waals surface area contributed by atoms with E-state index in [-0.39, 0.29) is 11.7 Å². The van der Waals surface area contributed by atoms with E-state index in [0.717, 1.165) is 5.52 Å². The topological polar surface area (TPSA) is 34.4 Å². The van der Waals surface area contributed by atoms with E-state index in [1.54, 1.807) is 16.9 Å². The molecule has 0 fully saturated rings. The normalized spacial score (nSPS) is 10.5. The summed E-state index contributed by atoms with van der Waals surface area (Å²) in [6, 6.07) is 5.56. The predicted octanol–water partition coefficient (Wildman–Crippen LogP) is 1.76. The molecule has 2 heterocycles. The molecular weight excluding hydrogens is 188 g/mol. The van der Waals surface area contributed by atoms with Crippen LogP contribution in [0.25, 0.3) is 5.52 Å². The molecule has 0 saturated heterocycles. The lowest BCUT2D eigenvalue weighted by molar-refractivity contribution is 0.102. The van der Waals surface area contributed by atoms with Crippen LogP contribution in [0.15, 0.2) is 30.6 Å². The Bertz CT molecular complexity index is 450. The number of aromatic nitrogens is 2. The zero-order valence-corrected chi connectivity index (χ0v) is 7.53. The molecule has 2 aromatic rings. The van der Waals surface area contributed by atoms with Crippen LogP contribution in [0.1, 0.15) is 10.4 Å². The average Bonchev–Trinajstić information content (AvgIpc) is 2.60. The Morgan fingerprint density at radius 3 is 3.15 bits per heavy atom. The minimum Gasteiger partial charge on any atom is -0.293 e. The summed E-state index contributed by atoms with van der Waals surface area (Å²) >= 11 is 5.46. The summed E-state index contributed by atoms with van der Waals surface area (Å²) in [6.07, 6.45) is 3.33. The Labute approximate surface area is 79.9 Å². The minimum absolute atomic E-state index is 0.00372. The Kier molecular flexibility index (Phi) is 2.02. The first-order valence-electron chi connectivity index (χ1n) is 3.84. The molecule has 2 aromatic heterocycles. The third kappa shape index (κ3) is 1.31. The number of nitrogens with zero attached hydrogens (tertiary/aromatic N) is 2. The van der Waals surface area contributed by atoms with E-state index in [2.05, 4.69) is 5.10 Å². The number of Topliss-reactive ketones (excluding diaryl/α,β-unsaturated/α-hetero) is 1. The van der Waals surface area contributed by atoms with E-state index < -0.39 is 0 Å². The van der Waals surface area contributed by atoms with Gasteiger partial charge in [0.2, 0.25) is 0 Å². The van der Waals surface area contributed by atoms with Gasteiger partial charge in [0.25, 0.3) is 0 Å². The number of rotatable bonds is 2. The highest BCUT2D eigenvalue weighted by Crippen LogP contribution is 2.10. The highest BCUT2D eigenvalue weighted by atomic mass is 35.5. The van der Waals surface area contributed by atoms with Gasteiger partial charge >= 0.3 is 0 Å². The molecule has 0 amide bonds. The molecule has 0 aromatic carbocycles. The van der Waals surface area contributed by atoms with Crippen LogP contribution >= 0.6 is 11.6 Å². The largest absolute Gasteiger partial charge is 0.293 e. The van der Waals surface area contributed by atoms with Crippen LogP contribution in [0.5, 0.6) is 0 Å². The van der Waals surface area contributed by atoms with E-state index in [1.165, 1.54) is 0 Å². The first-order valence-corrected chi connectivity index (χ1v) is 4.38. The van der Waals surface area contributed by atoms with Crippen molar-refractivity contribution in [3.63, 3.8) is 0 Å². The van der Waals surface area contributed by atoms with Crippen molar-refractivity contribution in [2.45, 2.75) is 0 Å². The number of hydrogen-bond acceptors (Lipinski definition) is 2. The maximum atomic E-state index is 11.3. The summed E-state index contributed by atoms with van der Waals surface area (Å²) in [6.45, 7) is 0. The second-order valence-corrected chi connectivity index (χ2v) is 2.91. The Morgan fingerprint density at radius 1 is 1.54 bits per heavy atom. The summed E-state index contributed by atoms with van der Waals surface area (Å²) in [5.74, 6) is -0.0983. The van der Waals surface area contributed by atoms with Gasteiger partial charge in [-0.05, 0) is 12.1 Å². The molecule has 0 radical (unpaired) electrons.